The lowest BCUT2D eigenvalue weighted by Crippen LogP contribution is -2.14. The van der Waals surface area contributed by atoms with Crippen LogP contribution in [-0.2, 0) is 5.41 Å². The molecule has 7 aromatic carbocycles. The third-order valence-corrected chi connectivity index (χ3v) is 10.9. The second-order valence-electron chi connectivity index (χ2n) is 14.7. The average molecular weight is 705 g/mol. The Morgan fingerprint density at radius 1 is 0.327 bits per heavy atom. The van der Waals surface area contributed by atoms with Crippen LogP contribution in [-0.4, -0.2) is 19.9 Å². The Hall–Kier alpha value is -7.04. The Bertz CT molecular complexity index is 2880. The fourth-order valence-electron chi connectivity index (χ4n) is 8.06. The van der Waals surface area contributed by atoms with Gasteiger partial charge in [-0.25, -0.2) is 19.9 Å². The summed E-state index contributed by atoms with van der Waals surface area (Å²) in [5.41, 5.74) is 15.3. The average Bonchev–Trinajstić information content (AvgIpc) is 3.48. The summed E-state index contributed by atoms with van der Waals surface area (Å²) in [7, 11) is 0. The summed E-state index contributed by atoms with van der Waals surface area (Å²) >= 11 is 0. The molecule has 0 saturated carbocycles. The second kappa shape index (κ2) is 13.1. The Morgan fingerprint density at radius 2 is 0.836 bits per heavy atom. The van der Waals surface area contributed by atoms with E-state index in [9.17, 15) is 0 Å². The van der Waals surface area contributed by atoms with E-state index in [1.807, 2.05) is 36.4 Å². The molecule has 0 saturated heterocycles. The molecule has 2 heterocycles. The maximum absolute atomic E-state index is 5.39. The van der Waals surface area contributed by atoms with Crippen molar-refractivity contribution in [2.45, 2.75) is 19.3 Å². The number of nitrogens with zero attached hydrogens (tertiary/aromatic N) is 4. The summed E-state index contributed by atoms with van der Waals surface area (Å²) in [6.07, 6.45) is 0. The molecule has 4 nitrogen and oxygen atoms in total. The van der Waals surface area contributed by atoms with E-state index in [0.717, 1.165) is 61.1 Å². The molecule has 0 unspecified atom stereocenters. The van der Waals surface area contributed by atoms with Crippen LogP contribution in [0.3, 0.4) is 0 Å². The van der Waals surface area contributed by atoms with Gasteiger partial charge >= 0.3 is 0 Å². The number of aromatic nitrogens is 4. The van der Waals surface area contributed by atoms with E-state index in [-0.39, 0.29) is 5.41 Å². The van der Waals surface area contributed by atoms with Crippen molar-refractivity contribution in [3.63, 3.8) is 0 Å². The molecule has 10 rings (SSSR count). The van der Waals surface area contributed by atoms with Crippen LogP contribution in [0.1, 0.15) is 25.0 Å². The van der Waals surface area contributed by atoms with Crippen LogP contribution in [0.5, 0.6) is 0 Å². The quantitative estimate of drug-likeness (QED) is 0.173. The lowest BCUT2D eigenvalue weighted by molar-refractivity contribution is 0.661. The highest BCUT2D eigenvalue weighted by Crippen LogP contribution is 2.50. The maximum atomic E-state index is 5.39. The van der Waals surface area contributed by atoms with Crippen LogP contribution < -0.4 is 0 Å². The smallest absolute Gasteiger partial charge is 0.164 e. The summed E-state index contributed by atoms with van der Waals surface area (Å²) in [6.45, 7) is 4.64. The first-order valence-corrected chi connectivity index (χ1v) is 18.7. The predicted molar refractivity (Wildman–Crippen MR) is 225 cm³/mol. The van der Waals surface area contributed by atoms with Crippen molar-refractivity contribution in [2.24, 2.45) is 0 Å². The lowest BCUT2D eigenvalue weighted by Gasteiger charge is -2.22. The Morgan fingerprint density at radius 3 is 1.51 bits per heavy atom. The Balaban J connectivity index is 1.13. The van der Waals surface area contributed by atoms with Crippen molar-refractivity contribution in [1.82, 2.24) is 19.9 Å². The van der Waals surface area contributed by atoms with Gasteiger partial charge in [-0.2, -0.15) is 0 Å². The standard InChI is InChI=1S/C51H36N4/c1-51(2)44-27-13-12-26-40(44)42-30-43-41(34-18-8-4-9-19-34)31-46(52-47(43)32-45(42)51)37-23-15-25-39(29-37)50-54-48(35-20-10-5-11-21-35)53-49(55-50)38-24-14-22-36(28-38)33-16-6-3-7-17-33/h3-32H,1-2H3. The van der Waals surface area contributed by atoms with Gasteiger partial charge in [0.25, 0.3) is 0 Å². The van der Waals surface area contributed by atoms with Crippen molar-refractivity contribution in [1.29, 1.82) is 0 Å². The van der Waals surface area contributed by atoms with Crippen LogP contribution in [0.15, 0.2) is 182 Å². The SMILES string of the molecule is CC1(C)c2ccccc2-c2cc3c(-c4ccccc4)cc(-c4cccc(-c5nc(-c6ccccc6)nc(-c6cccc(-c7ccccc7)c6)n5)c4)nc3cc21. The number of hydrogen-bond donors (Lipinski definition) is 0. The summed E-state index contributed by atoms with van der Waals surface area (Å²) < 4.78 is 0. The van der Waals surface area contributed by atoms with Gasteiger partial charge in [-0.15, -0.1) is 0 Å². The zero-order chi connectivity index (χ0) is 36.9. The van der Waals surface area contributed by atoms with Gasteiger partial charge in [-0.05, 0) is 74.8 Å². The molecular weight excluding hydrogens is 669 g/mol. The highest BCUT2D eigenvalue weighted by molar-refractivity contribution is 6.01. The topological polar surface area (TPSA) is 51.6 Å². The van der Waals surface area contributed by atoms with Crippen LogP contribution >= 0.6 is 0 Å². The molecule has 2 aromatic heterocycles. The zero-order valence-corrected chi connectivity index (χ0v) is 30.6. The van der Waals surface area contributed by atoms with E-state index in [1.54, 1.807) is 0 Å². The Labute approximate surface area is 320 Å². The number of fused-ring (bicyclic) bond motifs is 4. The fourth-order valence-corrected chi connectivity index (χ4v) is 8.06. The van der Waals surface area contributed by atoms with Crippen LogP contribution in [0.25, 0.3) is 89.7 Å². The third kappa shape index (κ3) is 5.80. The first-order chi connectivity index (χ1) is 27.0. The van der Waals surface area contributed by atoms with E-state index in [4.69, 9.17) is 19.9 Å². The molecule has 9 aromatic rings. The molecule has 0 fully saturated rings. The van der Waals surface area contributed by atoms with Gasteiger partial charge in [-0.1, -0.05) is 166 Å². The maximum Gasteiger partial charge on any atom is 0.164 e. The molecule has 0 aliphatic heterocycles. The minimum atomic E-state index is -0.127. The first-order valence-electron chi connectivity index (χ1n) is 18.7. The van der Waals surface area contributed by atoms with Gasteiger partial charge < -0.3 is 0 Å². The van der Waals surface area contributed by atoms with Crippen molar-refractivity contribution < 1.29 is 0 Å². The number of benzene rings is 7. The highest BCUT2D eigenvalue weighted by atomic mass is 15.0. The highest BCUT2D eigenvalue weighted by Gasteiger charge is 2.35. The minimum absolute atomic E-state index is 0.127. The van der Waals surface area contributed by atoms with E-state index in [1.165, 1.54) is 22.3 Å². The monoisotopic (exact) mass is 704 g/mol. The van der Waals surface area contributed by atoms with Crippen molar-refractivity contribution in [3.05, 3.63) is 193 Å². The molecule has 0 amide bonds. The molecule has 1 aliphatic rings. The number of hydrogen-bond acceptors (Lipinski definition) is 4. The molecule has 0 atom stereocenters. The summed E-state index contributed by atoms with van der Waals surface area (Å²) in [5, 5.41) is 1.14. The van der Waals surface area contributed by atoms with Gasteiger partial charge in [0.15, 0.2) is 17.5 Å². The van der Waals surface area contributed by atoms with E-state index in [0.29, 0.717) is 17.5 Å². The van der Waals surface area contributed by atoms with Gasteiger partial charge in [0.05, 0.1) is 11.2 Å². The zero-order valence-electron chi connectivity index (χ0n) is 30.6. The number of rotatable bonds is 6. The molecule has 0 bridgehead atoms. The van der Waals surface area contributed by atoms with Crippen molar-refractivity contribution >= 4 is 10.9 Å². The molecular formula is C51H36N4. The third-order valence-electron chi connectivity index (χ3n) is 10.9. The van der Waals surface area contributed by atoms with Crippen LogP contribution in [0.2, 0.25) is 0 Å². The van der Waals surface area contributed by atoms with Gasteiger partial charge in [0, 0.05) is 33.1 Å². The fraction of sp³-hybridized carbons (Fsp3) is 0.0588. The molecule has 1 aliphatic carbocycles. The van der Waals surface area contributed by atoms with Crippen molar-refractivity contribution in [3.8, 4) is 78.8 Å². The van der Waals surface area contributed by atoms with Gasteiger partial charge in [0.2, 0.25) is 0 Å². The molecule has 260 valence electrons. The molecule has 4 heteroatoms. The molecule has 55 heavy (non-hydrogen) atoms. The molecule has 0 N–H and O–H groups in total. The predicted octanol–water partition coefficient (Wildman–Crippen LogP) is 12.7. The molecule has 0 spiro atoms. The van der Waals surface area contributed by atoms with E-state index < -0.39 is 0 Å². The molecule has 0 radical (unpaired) electrons. The first kappa shape index (κ1) is 32.6. The number of pyridine rings is 1. The summed E-state index contributed by atoms with van der Waals surface area (Å²) in [4.78, 5) is 20.6. The Kier molecular flexibility index (Phi) is 7.77. The van der Waals surface area contributed by atoms with E-state index in [2.05, 4.69) is 159 Å². The van der Waals surface area contributed by atoms with Gasteiger partial charge in [-0.3, -0.25) is 0 Å². The van der Waals surface area contributed by atoms with Crippen LogP contribution in [0, 0.1) is 0 Å². The van der Waals surface area contributed by atoms with Crippen LogP contribution in [0.4, 0.5) is 0 Å². The lowest BCUT2D eigenvalue weighted by atomic mass is 9.82. The summed E-state index contributed by atoms with van der Waals surface area (Å²) in [6, 6.07) is 63.7. The second-order valence-corrected chi connectivity index (χ2v) is 14.7. The normalized spacial score (nSPS) is 12.7. The van der Waals surface area contributed by atoms with Crippen molar-refractivity contribution in [2.75, 3.05) is 0 Å². The van der Waals surface area contributed by atoms with E-state index >= 15 is 0 Å². The minimum Gasteiger partial charge on any atom is -0.248 e. The summed E-state index contributed by atoms with van der Waals surface area (Å²) in [5.74, 6) is 1.86. The largest absolute Gasteiger partial charge is 0.248 e. The van der Waals surface area contributed by atoms with Gasteiger partial charge in [0.1, 0.15) is 0 Å².